The number of carbonyl (C=O) groups excluding carboxylic acids is 1. The number of alkyl carbamates (subject to hydrolysis) is 1. The van der Waals surface area contributed by atoms with E-state index >= 15 is 0 Å². The summed E-state index contributed by atoms with van der Waals surface area (Å²) < 4.78 is 5.26. The Morgan fingerprint density at radius 2 is 1.77 bits per heavy atom. The molecule has 124 valence electrons. The van der Waals surface area contributed by atoms with E-state index in [4.69, 9.17) is 4.74 Å². The molecule has 0 aliphatic heterocycles. The maximum absolute atomic E-state index is 12.0. The smallest absolute Gasteiger partial charge is 0.408 e. The van der Waals surface area contributed by atoms with Crippen LogP contribution >= 0.6 is 0 Å². The third kappa shape index (κ3) is 5.93. The minimum Gasteiger partial charge on any atom is -0.508 e. The fourth-order valence-electron chi connectivity index (χ4n) is 1.98. The first-order valence-corrected chi connectivity index (χ1v) is 7.49. The lowest BCUT2D eigenvalue weighted by Gasteiger charge is -2.34. The molecule has 2 atom stereocenters. The van der Waals surface area contributed by atoms with Crippen molar-refractivity contribution in [2.24, 2.45) is 0 Å². The average Bonchev–Trinajstić information content (AvgIpc) is 2.35. The van der Waals surface area contributed by atoms with E-state index in [1.165, 1.54) is 0 Å². The Bertz CT molecular complexity index is 490. The van der Waals surface area contributed by atoms with Gasteiger partial charge in [-0.15, -0.1) is 0 Å². The van der Waals surface area contributed by atoms with Crippen molar-refractivity contribution >= 4 is 6.09 Å². The molecule has 0 radical (unpaired) electrons. The predicted octanol–water partition coefficient (Wildman–Crippen LogP) is 2.99. The van der Waals surface area contributed by atoms with Gasteiger partial charge < -0.3 is 20.3 Å². The number of benzene rings is 1. The van der Waals surface area contributed by atoms with E-state index < -0.39 is 23.3 Å². The average molecular weight is 309 g/mol. The molecule has 5 heteroatoms. The van der Waals surface area contributed by atoms with Crippen molar-refractivity contribution < 1.29 is 19.7 Å². The highest BCUT2D eigenvalue weighted by molar-refractivity contribution is 5.68. The number of rotatable bonds is 5. The molecule has 22 heavy (non-hydrogen) atoms. The summed E-state index contributed by atoms with van der Waals surface area (Å²) >= 11 is 0. The molecule has 0 saturated carbocycles. The monoisotopic (exact) mass is 309 g/mol. The summed E-state index contributed by atoms with van der Waals surface area (Å²) in [7, 11) is 0. The molecule has 5 nitrogen and oxygen atoms in total. The zero-order valence-corrected chi connectivity index (χ0v) is 14.0. The van der Waals surface area contributed by atoms with Crippen LogP contribution in [0.4, 0.5) is 4.79 Å². The van der Waals surface area contributed by atoms with Crippen molar-refractivity contribution in [3.8, 4) is 5.75 Å². The van der Waals surface area contributed by atoms with E-state index in [1.807, 2.05) is 12.1 Å². The number of aliphatic hydroxyl groups excluding tert-OH is 1. The largest absolute Gasteiger partial charge is 0.508 e. The highest BCUT2D eigenvalue weighted by Gasteiger charge is 2.33. The van der Waals surface area contributed by atoms with Gasteiger partial charge in [0, 0.05) is 0 Å². The van der Waals surface area contributed by atoms with E-state index in [0.29, 0.717) is 12.8 Å². The van der Waals surface area contributed by atoms with Crippen LogP contribution in [0.2, 0.25) is 0 Å². The van der Waals surface area contributed by atoms with Crippen molar-refractivity contribution in [3.05, 3.63) is 29.8 Å². The summed E-state index contributed by atoms with van der Waals surface area (Å²) in [5.41, 5.74) is -0.350. The molecule has 3 N–H and O–H groups in total. The van der Waals surface area contributed by atoms with Gasteiger partial charge in [-0.25, -0.2) is 4.79 Å². The number of amides is 1. The van der Waals surface area contributed by atoms with E-state index in [1.54, 1.807) is 46.8 Å². The van der Waals surface area contributed by atoms with E-state index in [9.17, 15) is 15.0 Å². The molecule has 0 heterocycles. The van der Waals surface area contributed by atoms with Crippen LogP contribution in [0.5, 0.6) is 5.75 Å². The SMILES string of the molecule is C[C@@H](O)[C@@](C)(CCc1ccc(O)cc1)NC(=O)OC(C)(C)C. The fourth-order valence-corrected chi connectivity index (χ4v) is 1.98. The van der Waals surface area contributed by atoms with Crippen LogP contribution in [0.1, 0.15) is 46.6 Å². The first-order valence-electron chi connectivity index (χ1n) is 7.49. The molecule has 0 aliphatic carbocycles. The lowest BCUT2D eigenvalue weighted by molar-refractivity contribution is 0.0276. The number of aromatic hydroxyl groups is 1. The van der Waals surface area contributed by atoms with Crippen LogP contribution in [0, 0.1) is 0 Å². The first-order chi connectivity index (χ1) is 10.0. The summed E-state index contributed by atoms with van der Waals surface area (Å²) in [6, 6.07) is 6.89. The molecule has 0 fully saturated rings. The van der Waals surface area contributed by atoms with Crippen LogP contribution < -0.4 is 5.32 Å². The highest BCUT2D eigenvalue weighted by atomic mass is 16.6. The minimum atomic E-state index is -0.791. The van der Waals surface area contributed by atoms with Gasteiger partial charge in [0.05, 0.1) is 11.6 Å². The highest BCUT2D eigenvalue weighted by Crippen LogP contribution is 2.21. The van der Waals surface area contributed by atoms with Crippen LogP contribution in [-0.4, -0.2) is 33.6 Å². The molecular weight excluding hydrogens is 282 g/mol. The lowest BCUT2D eigenvalue weighted by atomic mass is 9.88. The summed E-state index contributed by atoms with van der Waals surface area (Å²) in [4.78, 5) is 12.0. The van der Waals surface area contributed by atoms with Crippen LogP contribution in [0.3, 0.4) is 0 Å². The summed E-state index contributed by atoms with van der Waals surface area (Å²) in [6.45, 7) is 8.82. The van der Waals surface area contributed by atoms with Gasteiger partial charge in [-0.05, 0) is 65.2 Å². The molecule has 0 spiro atoms. The van der Waals surface area contributed by atoms with Gasteiger partial charge in [0.2, 0.25) is 0 Å². The first kappa shape index (κ1) is 18.3. The molecule has 1 amide bonds. The number of hydrogen-bond acceptors (Lipinski definition) is 4. The Labute approximate surface area is 132 Å². The standard InChI is InChI=1S/C17H27NO4/c1-12(19)17(5,18-15(21)22-16(2,3)4)11-10-13-6-8-14(20)9-7-13/h6-9,12,19-20H,10-11H2,1-5H3,(H,18,21)/t12-,17-/m1/s1. The number of ether oxygens (including phenoxy) is 1. The molecule has 1 aromatic rings. The second-order valence-corrected chi connectivity index (χ2v) is 6.89. The molecule has 0 unspecified atom stereocenters. The summed E-state index contributed by atoms with van der Waals surface area (Å²) in [5.74, 6) is 0.217. The number of hydrogen-bond donors (Lipinski definition) is 3. The second kappa shape index (κ2) is 7.01. The van der Waals surface area contributed by atoms with Crippen molar-refractivity contribution in [1.29, 1.82) is 0 Å². The van der Waals surface area contributed by atoms with Crippen molar-refractivity contribution in [2.75, 3.05) is 0 Å². The number of phenols is 1. The predicted molar refractivity (Wildman–Crippen MR) is 85.9 cm³/mol. The van der Waals surface area contributed by atoms with E-state index in [-0.39, 0.29) is 5.75 Å². The van der Waals surface area contributed by atoms with Crippen LogP contribution in [0.25, 0.3) is 0 Å². The molecule has 1 aromatic carbocycles. The van der Waals surface area contributed by atoms with Gasteiger partial charge in [-0.2, -0.15) is 0 Å². The lowest BCUT2D eigenvalue weighted by Crippen LogP contribution is -2.54. The number of carbonyl (C=O) groups is 1. The third-order valence-electron chi connectivity index (χ3n) is 3.58. The molecule has 0 aliphatic rings. The van der Waals surface area contributed by atoms with Crippen molar-refractivity contribution in [1.82, 2.24) is 5.32 Å². The summed E-state index contributed by atoms with van der Waals surface area (Å²) in [5, 5.41) is 22.1. The van der Waals surface area contributed by atoms with Crippen LogP contribution in [-0.2, 0) is 11.2 Å². The van der Waals surface area contributed by atoms with Crippen molar-refractivity contribution in [3.63, 3.8) is 0 Å². The van der Waals surface area contributed by atoms with Crippen molar-refractivity contribution in [2.45, 2.75) is 64.7 Å². The zero-order chi connectivity index (χ0) is 17.0. The maximum atomic E-state index is 12.0. The number of nitrogens with one attached hydrogen (secondary N) is 1. The Balaban J connectivity index is 2.70. The Morgan fingerprint density at radius 1 is 1.23 bits per heavy atom. The molecule has 0 bridgehead atoms. The normalized spacial score (nSPS) is 15.7. The Hall–Kier alpha value is -1.75. The van der Waals surface area contributed by atoms with E-state index in [2.05, 4.69) is 5.32 Å². The Morgan fingerprint density at radius 3 is 2.23 bits per heavy atom. The van der Waals surface area contributed by atoms with Gasteiger partial charge >= 0.3 is 6.09 Å². The van der Waals surface area contributed by atoms with Gasteiger partial charge in [-0.1, -0.05) is 12.1 Å². The van der Waals surface area contributed by atoms with E-state index in [0.717, 1.165) is 5.56 Å². The van der Waals surface area contributed by atoms with Gasteiger partial charge in [-0.3, -0.25) is 0 Å². The molecule has 0 saturated heterocycles. The second-order valence-electron chi connectivity index (χ2n) is 6.89. The molecular formula is C17H27NO4. The maximum Gasteiger partial charge on any atom is 0.408 e. The molecule has 1 rings (SSSR count). The minimum absolute atomic E-state index is 0.217. The summed E-state index contributed by atoms with van der Waals surface area (Å²) in [6.07, 6.45) is -0.0506. The third-order valence-corrected chi connectivity index (χ3v) is 3.58. The number of phenolic OH excluding ortho intramolecular Hbond substituents is 1. The van der Waals surface area contributed by atoms with Gasteiger partial charge in [0.15, 0.2) is 0 Å². The topological polar surface area (TPSA) is 78.8 Å². The number of aryl methyl sites for hydroxylation is 1. The molecule has 0 aromatic heterocycles. The zero-order valence-electron chi connectivity index (χ0n) is 14.0. The van der Waals surface area contributed by atoms with Gasteiger partial charge in [0.1, 0.15) is 11.4 Å². The van der Waals surface area contributed by atoms with Crippen LogP contribution in [0.15, 0.2) is 24.3 Å². The Kier molecular flexibility index (Phi) is 5.83. The quantitative estimate of drug-likeness (QED) is 0.781. The fraction of sp³-hybridized carbons (Fsp3) is 0.588. The number of aliphatic hydroxyl groups is 1. The van der Waals surface area contributed by atoms with Gasteiger partial charge in [0.25, 0.3) is 0 Å².